The van der Waals surface area contributed by atoms with E-state index in [1.807, 2.05) is 49.4 Å². The number of benzene rings is 2. The zero-order valence-corrected chi connectivity index (χ0v) is 22.5. The number of carbonyl (C=O) groups excluding carboxylic acids is 1. The fourth-order valence-corrected chi connectivity index (χ4v) is 5.66. The fraction of sp³-hybridized carbons (Fsp3) is 0.370. The summed E-state index contributed by atoms with van der Waals surface area (Å²) in [5.41, 5.74) is 2.45. The highest BCUT2D eigenvalue weighted by Crippen LogP contribution is 2.41. The van der Waals surface area contributed by atoms with Crippen LogP contribution in [0.4, 0.5) is 4.79 Å². The van der Waals surface area contributed by atoms with E-state index in [2.05, 4.69) is 41.9 Å². The maximum atomic E-state index is 12.5. The number of furan rings is 1. The first-order chi connectivity index (χ1) is 18.4. The van der Waals surface area contributed by atoms with Gasteiger partial charge < -0.3 is 19.6 Å². The second-order valence-corrected chi connectivity index (χ2v) is 10.4. The number of carboxylic acid groups (broad SMARTS) is 1. The van der Waals surface area contributed by atoms with E-state index < -0.39 is 17.5 Å². The Hall–Kier alpha value is -3.73. The van der Waals surface area contributed by atoms with Crippen LogP contribution >= 0.6 is 15.9 Å². The first kappa shape index (κ1) is 25.9. The average Bonchev–Trinajstić information content (AvgIpc) is 3.69. The smallest absolute Gasteiger partial charge is 0.407 e. The number of alkyl carbamates (subject to hydrolysis) is 1. The number of nitrogens with one attached hydrogen (secondary N) is 2. The lowest BCUT2D eigenvalue weighted by atomic mass is 9.86. The Labute approximate surface area is 227 Å². The van der Waals surface area contributed by atoms with Crippen LogP contribution in [0.5, 0.6) is 0 Å². The van der Waals surface area contributed by atoms with Crippen LogP contribution in [0, 0.1) is 5.41 Å². The van der Waals surface area contributed by atoms with Gasteiger partial charge in [-0.1, -0.05) is 50.1 Å². The number of carbonyl (C=O) groups is 2. The lowest BCUT2D eigenvalue weighted by molar-refractivity contribution is -0.148. The van der Waals surface area contributed by atoms with Gasteiger partial charge in [-0.05, 0) is 63.3 Å². The summed E-state index contributed by atoms with van der Waals surface area (Å²) in [4.78, 5) is 24.3. The summed E-state index contributed by atoms with van der Waals surface area (Å²) in [6.45, 7) is 2.03. The zero-order chi connectivity index (χ0) is 26.7. The van der Waals surface area contributed by atoms with Gasteiger partial charge in [-0.3, -0.25) is 4.79 Å². The monoisotopic (exact) mass is 581 g/mol. The molecule has 0 radical (unpaired) electrons. The van der Waals surface area contributed by atoms with Crippen molar-refractivity contribution in [2.75, 3.05) is 6.54 Å². The van der Waals surface area contributed by atoms with E-state index in [1.54, 1.807) is 0 Å². The first-order valence-corrected chi connectivity index (χ1v) is 13.4. The largest absolute Gasteiger partial charge is 0.481 e. The van der Waals surface area contributed by atoms with Crippen molar-refractivity contribution in [3.05, 3.63) is 52.5 Å². The summed E-state index contributed by atoms with van der Waals surface area (Å²) in [6, 6.07) is 13.6. The highest BCUT2D eigenvalue weighted by atomic mass is 79.9. The average molecular weight is 582 g/mol. The molecule has 4 aromatic rings. The van der Waals surface area contributed by atoms with Crippen LogP contribution in [0.25, 0.3) is 33.7 Å². The molecule has 1 aliphatic carbocycles. The number of rotatable bonds is 9. The minimum absolute atomic E-state index is 0.0832. The topological polar surface area (TPSA) is 143 Å². The normalized spacial score (nSPS) is 15.4. The van der Waals surface area contributed by atoms with Gasteiger partial charge in [-0.25, -0.2) is 9.89 Å². The van der Waals surface area contributed by atoms with Crippen molar-refractivity contribution >= 4 is 39.0 Å². The molecule has 2 aromatic carbocycles. The molecular weight excluding hydrogens is 554 g/mol. The zero-order valence-electron chi connectivity index (χ0n) is 20.9. The van der Waals surface area contributed by atoms with Gasteiger partial charge in [0.2, 0.25) is 0 Å². The van der Waals surface area contributed by atoms with E-state index in [1.165, 1.54) is 0 Å². The fourth-order valence-electron chi connectivity index (χ4n) is 5.06. The molecule has 10 nitrogen and oxygen atoms in total. The Morgan fingerprint density at radius 1 is 1.21 bits per heavy atom. The van der Waals surface area contributed by atoms with Gasteiger partial charge in [-0.15, -0.1) is 5.10 Å². The highest BCUT2D eigenvalue weighted by Gasteiger charge is 2.41. The molecular formula is C27H28BrN5O5. The van der Waals surface area contributed by atoms with E-state index in [9.17, 15) is 14.7 Å². The van der Waals surface area contributed by atoms with Crippen LogP contribution in [0.1, 0.15) is 44.6 Å². The molecule has 0 spiro atoms. The molecule has 2 heterocycles. The highest BCUT2D eigenvalue weighted by molar-refractivity contribution is 9.10. The lowest BCUT2D eigenvalue weighted by Gasteiger charge is -2.24. The predicted octanol–water partition coefficient (Wildman–Crippen LogP) is 5.73. The van der Waals surface area contributed by atoms with Crippen molar-refractivity contribution in [1.82, 2.24) is 25.9 Å². The van der Waals surface area contributed by atoms with Crippen LogP contribution in [-0.4, -0.2) is 50.4 Å². The van der Waals surface area contributed by atoms with Gasteiger partial charge in [-0.2, -0.15) is 0 Å². The Morgan fingerprint density at radius 2 is 1.97 bits per heavy atom. The third-order valence-electron chi connectivity index (χ3n) is 7.24. The molecule has 3 N–H and O–H groups in total. The molecule has 1 aliphatic rings. The Morgan fingerprint density at radius 3 is 2.66 bits per heavy atom. The number of hydrogen-bond donors (Lipinski definition) is 3. The molecule has 1 atom stereocenters. The summed E-state index contributed by atoms with van der Waals surface area (Å²) in [7, 11) is 0. The summed E-state index contributed by atoms with van der Waals surface area (Å²) in [6.07, 6.45) is 3.04. The molecule has 5 rings (SSSR count). The molecule has 0 aliphatic heterocycles. The van der Waals surface area contributed by atoms with E-state index in [0.717, 1.165) is 39.4 Å². The van der Waals surface area contributed by atoms with Crippen molar-refractivity contribution in [3.8, 4) is 22.7 Å². The lowest BCUT2D eigenvalue weighted by Crippen LogP contribution is -2.42. The number of tetrazole rings is 1. The first-order valence-electron chi connectivity index (χ1n) is 12.6. The van der Waals surface area contributed by atoms with E-state index in [0.29, 0.717) is 42.9 Å². The molecule has 1 amide bonds. The maximum absolute atomic E-state index is 12.5. The summed E-state index contributed by atoms with van der Waals surface area (Å²) >= 11 is 3.71. The molecule has 0 bridgehead atoms. The second kappa shape index (κ2) is 10.9. The summed E-state index contributed by atoms with van der Waals surface area (Å²) in [5.74, 6) is 0.337. The molecule has 1 saturated carbocycles. The number of H-pyrrole nitrogens is 1. The van der Waals surface area contributed by atoms with Crippen molar-refractivity contribution in [2.24, 2.45) is 5.41 Å². The van der Waals surface area contributed by atoms with E-state index in [-0.39, 0.29) is 12.6 Å². The van der Waals surface area contributed by atoms with Gasteiger partial charge >= 0.3 is 12.1 Å². The predicted molar refractivity (Wildman–Crippen MR) is 143 cm³/mol. The van der Waals surface area contributed by atoms with Crippen molar-refractivity contribution < 1.29 is 23.8 Å². The third kappa shape index (κ3) is 5.15. The van der Waals surface area contributed by atoms with Gasteiger partial charge in [0, 0.05) is 29.5 Å². The van der Waals surface area contributed by atoms with Gasteiger partial charge in [0.05, 0.1) is 9.89 Å². The number of amides is 1. The van der Waals surface area contributed by atoms with Crippen LogP contribution in [-0.2, 0) is 16.0 Å². The third-order valence-corrected chi connectivity index (χ3v) is 8.03. The van der Waals surface area contributed by atoms with E-state index in [4.69, 9.17) is 9.15 Å². The maximum Gasteiger partial charge on any atom is 0.407 e. The van der Waals surface area contributed by atoms with Gasteiger partial charge in [0.15, 0.2) is 5.82 Å². The summed E-state index contributed by atoms with van der Waals surface area (Å²) in [5, 5.41) is 27.4. The molecule has 198 valence electrons. The molecule has 11 heteroatoms. The molecule has 0 saturated heterocycles. The van der Waals surface area contributed by atoms with Crippen LogP contribution in [0.3, 0.4) is 0 Å². The number of ether oxygens (including phenoxy) is 1. The molecule has 1 fully saturated rings. The standard InChI is InChI=1S/C27H28BrN5O5/c1-2-17(37-26(36)29-15-27(25(34)35)11-5-6-12-27)13-16-9-10-21-20(14-16)22(28)23(38-21)18-7-3-4-8-19(18)24-30-32-33-31-24/h3-4,7-10,14,17H,2,5-6,11-13,15H2,1H3,(H,29,36)(H,34,35)(H,30,31,32,33). The number of hydrogen-bond acceptors (Lipinski definition) is 7. The molecule has 1 unspecified atom stereocenters. The Bertz CT molecular complexity index is 1450. The number of aromatic amines is 1. The van der Waals surface area contributed by atoms with Crippen LogP contribution in [0.15, 0.2) is 51.4 Å². The Kier molecular flexibility index (Phi) is 7.46. The van der Waals surface area contributed by atoms with Gasteiger partial charge in [0.1, 0.15) is 17.4 Å². The second-order valence-electron chi connectivity index (χ2n) is 9.66. The van der Waals surface area contributed by atoms with Crippen LogP contribution in [0.2, 0.25) is 0 Å². The van der Waals surface area contributed by atoms with Gasteiger partial charge in [0.25, 0.3) is 0 Å². The quantitative estimate of drug-likeness (QED) is 0.227. The summed E-state index contributed by atoms with van der Waals surface area (Å²) < 4.78 is 12.7. The van der Waals surface area contributed by atoms with Crippen LogP contribution < -0.4 is 5.32 Å². The van der Waals surface area contributed by atoms with Crippen molar-refractivity contribution in [2.45, 2.75) is 51.6 Å². The molecule has 2 aromatic heterocycles. The number of aliphatic carboxylic acids is 1. The number of nitrogens with zero attached hydrogens (tertiary/aromatic N) is 3. The Balaban J connectivity index is 1.31. The SMILES string of the molecule is CCC(Cc1ccc2oc(-c3ccccc3-c3nnn[nH]3)c(Br)c2c1)OC(=O)NCC1(C(=O)O)CCCC1. The van der Waals surface area contributed by atoms with Crippen molar-refractivity contribution in [1.29, 1.82) is 0 Å². The minimum atomic E-state index is -0.889. The van der Waals surface area contributed by atoms with E-state index >= 15 is 0 Å². The minimum Gasteiger partial charge on any atom is -0.481 e. The molecule has 38 heavy (non-hydrogen) atoms. The van der Waals surface area contributed by atoms with Crippen molar-refractivity contribution in [3.63, 3.8) is 0 Å². The number of aromatic nitrogens is 4. The number of halogens is 1. The number of carboxylic acids is 1. The number of fused-ring (bicyclic) bond motifs is 1.